The van der Waals surface area contributed by atoms with E-state index in [4.69, 9.17) is 14.5 Å². The molecule has 1 unspecified atom stereocenters. The molecule has 8 nitrogen and oxygen atoms in total. The largest absolute Gasteiger partial charge is 0.497 e. The Labute approximate surface area is 214 Å². The molecule has 0 aliphatic carbocycles. The third-order valence-corrected chi connectivity index (χ3v) is 7.43. The molecule has 186 valence electrons. The minimum atomic E-state index is -0.404. The van der Waals surface area contributed by atoms with E-state index in [0.29, 0.717) is 31.4 Å². The first-order valence-electron chi connectivity index (χ1n) is 11.5. The Balaban J connectivity index is 0.00000289. The van der Waals surface area contributed by atoms with Crippen molar-refractivity contribution in [2.24, 2.45) is 5.92 Å². The smallest absolute Gasteiger partial charge is 0.234 e. The van der Waals surface area contributed by atoms with Crippen LogP contribution in [0.15, 0.2) is 48.5 Å². The zero-order valence-electron chi connectivity index (χ0n) is 19.6. The average Bonchev–Trinajstić information content (AvgIpc) is 3.48. The summed E-state index contributed by atoms with van der Waals surface area (Å²) in [6.45, 7) is 4.75. The number of thiazole rings is 1. The number of ether oxygens (including phenoxy) is 2. The van der Waals surface area contributed by atoms with Gasteiger partial charge in [-0.15, -0.1) is 12.4 Å². The molecule has 2 aliphatic rings. The molecule has 5 rings (SSSR count). The Hall–Kier alpha value is -2.72. The van der Waals surface area contributed by atoms with Gasteiger partial charge in [-0.05, 0) is 24.3 Å². The van der Waals surface area contributed by atoms with Crippen LogP contribution in [0, 0.1) is 5.92 Å². The molecule has 2 amide bonds. The van der Waals surface area contributed by atoms with Crippen LogP contribution in [0.1, 0.15) is 6.42 Å². The summed E-state index contributed by atoms with van der Waals surface area (Å²) in [4.78, 5) is 37.1. The van der Waals surface area contributed by atoms with E-state index in [1.54, 1.807) is 16.9 Å². The molecule has 10 heteroatoms. The van der Waals surface area contributed by atoms with Crippen molar-refractivity contribution in [1.29, 1.82) is 0 Å². The Morgan fingerprint density at radius 1 is 1.20 bits per heavy atom. The topological polar surface area (TPSA) is 75.2 Å². The highest BCUT2D eigenvalue weighted by molar-refractivity contribution is 7.22. The second-order valence-electron chi connectivity index (χ2n) is 8.51. The van der Waals surface area contributed by atoms with Gasteiger partial charge >= 0.3 is 0 Å². The van der Waals surface area contributed by atoms with Crippen LogP contribution < -0.4 is 14.5 Å². The number of halogens is 1. The molecule has 1 atom stereocenters. The van der Waals surface area contributed by atoms with Crippen LogP contribution in [-0.2, 0) is 14.3 Å². The highest BCUT2D eigenvalue weighted by Crippen LogP contribution is 2.33. The summed E-state index contributed by atoms with van der Waals surface area (Å²) < 4.78 is 11.8. The molecule has 35 heavy (non-hydrogen) atoms. The molecule has 2 aliphatic heterocycles. The van der Waals surface area contributed by atoms with Gasteiger partial charge in [-0.2, -0.15) is 0 Å². The number of fused-ring (bicyclic) bond motifs is 1. The normalized spacial score (nSPS) is 18.5. The number of carbonyl (C=O) groups is 2. The molecule has 3 heterocycles. The fourth-order valence-electron chi connectivity index (χ4n) is 4.45. The summed E-state index contributed by atoms with van der Waals surface area (Å²) >= 11 is 1.49. The van der Waals surface area contributed by atoms with Crippen molar-refractivity contribution < 1.29 is 19.1 Å². The number of anilines is 2. The van der Waals surface area contributed by atoms with Crippen LogP contribution in [-0.4, -0.2) is 74.7 Å². The van der Waals surface area contributed by atoms with Gasteiger partial charge in [0.05, 0.1) is 36.5 Å². The lowest BCUT2D eigenvalue weighted by Gasteiger charge is -2.30. The molecular weight excluding hydrogens is 488 g/mol. The number of hydrogen-bond acceptors (Lipinski definition) is 7. The lowest BCUT2D eigenvalue weighted by molar-refractivity contribution is -0.124. The maximum absolute atomic E-state index is 13.8. The van der Waals surface area contributed by atoms with Crippen molar-refractivity contribution in [2.45, 2.75) is 6.42 Å². The minimum Gasteiger partial charge on any atom is -0.497 e. The number of carbonyl (C=O) groups excluding carboxylic acids is 2. The Bertz CT molecular complexity index is 1170. The van der Waals surface area contributed by atoms with Crippen LogP contribution in [0.2, 0.25) is 0 Å². The average molecular weight is 517 g/mol. The van der Waals surface area contributed by atoms with Crippen molar-refractivity contribution in [1.82, 2.24) is 9.88 Å². The van der Waals surface area contributed by atoms with E-state index in [-0.39, 0.29) is 30.6 Å². The summed E-state index contributed by atoms with van der Waals surface area (Å²) in [6.07, 6.45) is 0.209. The molecule has 0 bridgehead atoms. The van der Waals surface area contributed by atoms with Crippen molar-refractivity contribution in [3.8, 4) is 5.75 Å². The monoisotopic (exact) mass is 516 g/mol. The predicted octanol–water partition coefficient (Wildman–Crippen LogP) is 3.45. The summed E-state index contributed by atoms with van der Waals surface area (Å²) in [6, 6.07) is 15.3. The molecule has 0 N–H and O–H groups in total. The lowest BCUT2D eigenvalue weighted by Crippen LogP contribution is -2.45. The molecule has 3 aromatic rings. The number of hydrogen-bond donors (Lipinski definition) is 0. The third-order valence-electron chi connectivity index (χ3n) is 6.37. The molecule has 2 fully saturated rings. The first kappa shape index (κ1) is 25.4. The Morgan fingerprint density at radius 2 is 1.97 bits per heavy atom. The van der Waals surface area contributed by atoms with E-state index >= 15 is 0 Å². The SMILES string of the molecule is COc1ccc2sc(N(CCN3CCOCC3)C(=O)C3CC(=O)N(c4ccccc4)C3)nc2c1.Cl. The number of benzene rings is 2. The molecule has 2 aromatic carbocycles. The lowest BCUT2D eigenvalue weighted by atomic mass is 10.1. The molecule has 1 aromatic heterocycles. The van der Waals surface area contributed by atoms with Gasteiger partial charge in [0.2, 0.25) is 11.8 Å². The number of aromatic nitrogens is 1. The highest BCUT2D eigenvalue weighted by Gasteiger charge is 2.38. The number of para-hydroxylation sites is 1. The quantitative estimate of drug-likeness (QED) is 0.479. The highest BCUT2D eigenvalue weighted by atomic mass is 35.5. The van der Waals surface area contributed by atoms with Gasteiger partial charge in [0, 0.05) is 50.9 Å². The second-order valence-corrected chi connectivity index (χ2v) is 9.52. The van der Waals surface area contributed by atoms with Crippen LogP contribution in [0.4, 0.5) is 10.8 Å². The first-order valence-corrected chi connectivity index (χ1v) is 12.4. The maximum atomic E-state index is 13.8. The van der Waals surface area contributed by atoms with Gasteiger partial charge in [-0.1, -0.05) is 29.5 Å². The standard InChI is InChI=1S/C25H28N4O4S.ClH/c1-32-20-7-8-22-21(16-20)26-25(34-22)28(10-9-27-11-13-33-14-12-27)24(31)18-15-23(30)29(17-18)19-5-3-2-4-6-19;/h2-8,16,18H,9-15,17H2,1H3;1H. The first-order chi connectivity index (χ1) is 16.6. The van der Waals surface area contributed by atoms with E-state index in [1.165, 1.54) is 11.3 Å². The zero-order chi connectivity index (χ0) is 23.5. The van der Waals surface area contributed by atoms with Gasteiger partial charge in [0.15, 0.2) is 5.13 Å². The van der Waals surface area contributed by atoms with Crippen LogP contribution in [0.5, 0.6) is 5.75 Å². The summed E-state index contributed by atoms with van der Waals surface area (Å²) in [5.74, 6) is 0.257. The van der Waals surface area contributed by atoms with Gasteiger partial charge in [0.25, 0.3) is 0 Å². The van der Waals surface area contributed by atoms with E-state index in [2.05, 4.69) is 4.90 Å². The number of morpholine rings is 1. The van der Waals surface area contributed by atoms with Crippen LogP contribution in [0.3, 0.4) is 0 Å². The van der Waals surface area contributed by atoms with E-state index in [1.807, 2.05) is 48.5 Å². The van der Waals surface area contributed by atoms with E-state index in [9.17, 15) is 9.59 Å². The number of nitrogens with zero attached hydrogens (tertiary/aromatic N) is 4. The molecule has 0 spiro atoms. The van der Waals surface area contributed by atoms with Crippen molar-refractivity contribution >= 4 is 56.6 Å². The van der Waals surface area contributed by atoms with Gasteiger partial charge in [0.1, 0.15) is 5.75 Å². The van der Waals surface area contributed by atoms with Gasteiger partial charge in [-0.25, -0.2) is 4.98 Å². The van der Waals surface area contributed by atoms with E-state index < -0.39 is 5.92 Å². The number of methoxy groups -OCH3 is 1. The van der Waals surface area contributed by atoms with Crippen molar-refractivity contribution in [3.05, 3.63) is 48.5 Å². The molecular formula is C25H29ClN4O4S. The van der Waals surface area contributed by atoms with Gasteiger partial charge < -0.3 is 14.4 Å². The fraction of sp³-hybridized carbons (Fsp3) is 0.400. The summed E-state index contributed by atoms with van der Waals surface area (Å²) in [7, 11) is 1.63. The summed E-state index contributed by atoms with van der Waals surface area (Å²) in [5.41, 5.74) is 1.63. The summed E-state index contributed by atoms with van der Waals surface area (Å²) in [5, 5.41) is 0.659. The van der Waals surface area contributed by atoms with Crippen molar-refractivity contribution in [2.75, 3.05) is 62.8 Å². The van der Waals surface area contributed by atoms with Crippen LogP contribution >= 0.6 is 23.7 Å². The third kappa shape index (κ3) is 5.59. The fourth-order valence-corrected chi connectivity index (χ4v) is 5.43. The van der Waals surface area contributed by atoms with Crippen molar-refractivity contribution in [3.63, 3.8) is 0 Å². The Morgan fingerprint density at radius 3 is 2.71 bits per heavy atom. The predicted molar refractivity (Wildman–Crippen MR) is 140 cm³/mol. The maximum Gasteiger partial charge on any atom is 0.234 e. The molecule has 0 saturated carbocycles. The number of rotatable bonds is 7. The van der Waals surface area contributed by atoms with Gasteiger partial charge in [-0.3, -0.25) is 19.4 Å². The zero-order valence-corrected chi connectivity index (χ0v) is 21.2. The van der Waals surface area contributed by atoms with E-state index in [0.717, 1.165) is 41.3 Å². The molecule has 0 radical (unpaired) electrons. The minimum absolute atomic E-state index is 0. The number of amides is 2. The van der Waals surface area contributed by atoms with Crippen LogP contribution in [0.25, 0.3) is 10.2 Å². The molecule has 2 saturated heterocycles. The second kappa shape index (κ2) is 11.3. The Kier molecular flexibility index (Phi) is 8.22.